The first-order valence-electron chi connectivity index (χ1n) is 32.8. The monoisotopic (exact) mass is 1360 g/mol. The number of nitrogens with zero attached hydrogens (tertiary/aromatic N) is 2. The number of hydrogen-bond acceptors (Lipinski definition) is 18. The second kappa shape index (κ2) is 27.0. The van der Waals surface area contributed by atoms with Crippen LogP contribution in [0.3, 0.4) is 0 Å². The van der Waals surface area contributed by atoms with Crippen LogP contribution in [0.4, 0.5) is 0 Å². The second-order valence-electron chi connectivity index (χ2n) is 25.0. The Kier molecular flexibility index (Phi) is 17.1. The summed E-state index contributed by atoms with van der Waals surface area (Å²) in [6, 6.07) is 68.8. The molecule has 0 unspecified atom stereocenters. The average molecular weight is 1360 g/mol. The largest absolute Gasteiger partial charge is 0.459 e. The highest BCUT2D eigenvalue weighted by Crippen LogP contribution is 2.58. The molecule has 0 fully saturated rings. The zero-order valence-corrected chi connectivity index (χ0v) is 54.6. The molecule has 0 aromatic heterocycles. The Labute approximate surface area is 585 Å². The highest BCUT2D eigenvalue weighted by atomic mass is 16.6. The standard InChI is InChI=1S/C85H56N2O16/c88-73-59-35-19-20-36-60(59)74(89)71(73)86-69-41-57-39-67-63(43-65(57)84(69,79(94)100-47-53-27-11-3-12-28-53)80(95)101-48-54-29-13-4-14-30-54)64-44-66-58(40-68(64)83(67,77(92)98-45-51-23-7-1-8-24-51)78(93)99-46-52-25-9-2-10-26-52)42-70(87-72-75(90)61-37-21-22-38-62(61)76(72)91)85(66,81(96)102-49-55-31-15-5-16-32-55)82(97)103-50-56-33-17-6-18-34-56/h1-44H,45-50H2. The van der Waals surface area contributed by atoms with E-state index in [0.717, 1.165) is 0 Å². The van der Waals surface area contributed by atoms with Crippen molar-refractivity contribution in [3.05, 3.63) is 385 Å². The van der Waals surface area contributed by atoms with Crippen LogP contribution in [0.15, 0.2) is 295 Å². The fraction of sp³-hybridized carbons (Fsp3) is 0.106. The van der Waals surface area contributed by atoms with Crippen LogP contribution in [0.2, 0.25) is 0 Å². The molecule has 0 radical (unpaired) electrons. The lowest BCUT2D eigenvalue weighted by Crippen LogP contribution is -2.48. The third-order valence-corrected chi connectivity index (χ3v) is 18.9. The minimum absolute atomic E-state index is 0.00162. The van der Waals surface area contributed by atoms with Gasteiger partial charge in [0, 0.05) is 21.5 Å². The van der Waals surface area contributed by atoms with Gasteiger partial charge in [-0.3, -0.25) is 47.9 Å². The summed E-state index contributed by atoms with van der Waals surface area (Å²) in [6.45, 7) is -2.59. The highest BCUT2D eigenvalue weighted by Gasteiger charge is 2.65. The lowest BCUT2D eigenvalue weighted by molar-refractivity contribution is -0.166. The lowest BCUT2D eigenvalue weighted by atomic mass is 9.74. The van der Waals surface area contributed by atoms with Crippen molar-refractivity contribution >= 4 is 69.5 Å². The number of esters is 6. The van der Waals surface area contributed by atoms with Crippen LogP contribution in [0, 0.1) is 0 Å². The number of fused-ring (bicyclic) bond motifs is 7. The molecule has 0 saturated heterocycles. The summed E-state index contributed by atoms with van der Waals surface area (Å²) in [5.41, 5.74) is -11.3. The molecule has 0 saturated carbocycles. The van der Waals surface area contributed by atoms with E-state index in [0.29, 0.717) is 33.4 Å². The number of benzene rings is 10. The van der Waals surface area contributed by atoms with E-state index in [1.165, 1.54) is 60.7 Å². The van der Waals surface area contributed by atoms with Gasteiger partial charge >= 0.3 is 35.8 Å². The molecule has 12 aromatic carbocycles. The van der Waals surface area contributed by atoms with Crippen LogP contribution in [0.5, 0.6) is 0 Å². The van der Waals surface area contributed by atoms with E-state index in [2.05, 4.69) is 0 Å². The van der Waals surface area contributed by atoms with Crippen molar-refractivity contribution in [3.8, 4) is 11.1 Å². The Bertz CT molecular complexity index is 5290. The van der Waals surface area contributed by atoms with Gasteiger partial charge in [-0.25, -0.2) is 9.98 Å². The number of ether oxygens (including phenoxy) is 6. The number of rotatable bonds is 20. The Morgan fingerprint density at radius 2 is 0.476 bits per heavy atom. The van der Waals surface area contributed by atoms with E-state index in [1.54, 1.807) is 206 Å². The quantitative estimate of drug-likeness (QED) is 0.0391. The van der Waals surface area contributed by atoms with Crippen molar-refractivity contribution in [1.29, 1.82) is 0 Å². The SMILES string of the molecule is O=C(OCc1ccccc1)C1(C(=O)OCc2ccccc2)C(N=c2c(=O)c3ccccc3c2=O)=Cc2cc3c(cc21)-c1cc2c(cc1C3(C(=O)OCc1ccccc1)C(=O)OCc1ccccc1)C=C(N=c1c(=O)c3ccccc3c1=O)C2(C(=O)OCc1ccccc1)C(=O)OCc1ccccc1. The first-order chi connectivity index (χ1) is 50.2. The highest BCUT2D eigenvalue weighted by molar-refractivity contribution is 6.20. The molecule has 0 spiro atoms. The second-order valence-corrected chi connectivity index (χ2v) is 25.0. The molecular weight excluding hydrogens is 1300 g/mol. The van der Waals surface area contributed by atoms with Gasteiger partial charge in [-0.1, -0.05) is 231 Å². The zero-order chi connectivity index (χ0) is 71.0. The van der Waals surface area contributed by atoms with Gasteiger partial charge in [0.2, 0.25) is 38.0 Å². The summed E-state index contributed by atoms with van der Waals surface area (Å²) in [5, 5.41) is -1.33. The molecule has 0 aliphatic heterocycles. The van der Waals surface area contributed by atoms with Crippen LogP contribution in [0.1, 0.15) is 66.8 Å². The summed E-state index contributed by atoms with van der Waals surface area (Å²) in [4.78, 5) is 165. The van der Waals surface area contributed by atoms with Crippen molar-refractivity contribution in [1.82, 2.24) is 0 Å². The molecule has 3 aliphatic rings. The van der Waals surface area contributed by atoms with Crippen LogP contribution >= 0.6 is 0 Å². The van der Waals surface area contributed by atoms with E-state index >= 15 is 28.8 Å². The predicted octanol–water partition coefficient (Wildman–Crippen LogP) is 10.3. The van der Waals surface area contributed by atoms with E-state index in [9.17, 15) is 19.2 Å². The maximum Gasteiger partial charge on any atom is 0.334 e. The minimum Gasteiger partial charge on any atom is -0.459 e. The fourth-order valence-corrected chi connectivity index (χ4v) is 13.8. The van der Waals surface area contributed by atoms with Crippen molar-refractivity contribution in [3.63, 3.8) is 0 Å². The molecule has 15 rings (SSSR count). The minimum atomic E-state index is -2.89. The van der Waals surface area contributed by atoms with Gasteiger partial charge in [0.25, 0.3) is 0 Å². The first kappa shape index (κ1) is 65.5. The van der Waals surface area contributed by atoms with E-state index in [4.69, 9.17) is 38.4 Å². The first-order valence-corrected chi connectivity index (χ1v) is 32.8. The molecule has 3 aliphatic carbocycles. The Hall–Kier alpha value is -13.5. The number of carbonyl (C=O) groups excluding carboxylic acids is 6. The smallest absolute Gasteiger partial charge is 0.334 e. The van der Waals surface area contributed by atoms with Crippen LogP contribution in [-0.4, -0.2) is 35.8 Å². The van der Waals surface area contributed by atoms with Gasteiger partial charge < -0.3 is 28.4 Å². The molecule has 12 aromatic rings. The molecule has 0 atom stereocenters. The molecule has 18 heteroatoms. The van der Waals surface area contributed by atoms with Gasteiger partial charge in [0.05, 0.1) is 11.4 Å². The van der Waals surface area contributed by atoms with Gasteiger partial charge in [-0.2, -0.15) is 0 Å². The number of carbonyl (C=O) groups is 6. The summed E-state index contributed by atoms with van der Waals surface area (Å²) in [7, 11) is 0. The lowest BCUT2D eigenvalue weighted by Gasteiger charge is -2.30. The van der Waals surface area contributed by atoms with E-state index < -0.39 is 136 Å². The molecule has 18 nitrogen and oxygen atoms in total. The third-order valence-electron chi connectivity index (χ3n) is 18.9. The van der Waals surface area contributed by atoms with Gasteiger partial charge in [0.1, 0.15) is 39.6 Å². The molecule has 0 amide bonds. The summed E-state index contributed by atoms with van der Waals surface area (Å²) in [5.74, 6) is -7.62. The van der Waals surface area contributed by atoms with Gasteiger partial charge in [-0.15, -0.1) is 0 Å². The van der Waals surface area contributed by atoms with Crippen molar-refractivity contribution < 1.29 is 57.2 Å². The predicted molar refractivity (Wildman–Crippen MR) is 378 cm³/mol. The van der Waals surface area contributed by atoms with Crippen LogP contribution < -0.4 is 32.4 Å². The number of hydrogen-bond donors (Lipinski definition) is 0. The molecular formula is C85H56N2O16. The molecule has 0 N–H and O–H groups in total. The molecule has 0 bridgehead atoms. The summed E-state index contributed by atoms with van der Waals surface area (Å²) in [6.07, 6.45) is 2.54. The van der Waals surface area contributed by atoms with E-state index in [1.807, 2.05) is 0 Å². The van der Waals surface area contributed by atoms with E-state index in [-0.39, 0.29) is 66.1 Å². The molecule has 502 valence electrons. The fourth-order valence-electron chi connectivity index (χ4n) is 13.8. The Balaban J connectivity index is 1.03. The van der Waals surface area contributed by atoms with Crippen LogP contribution in [0.25, 0.3) is 44.8 Å². The third kappa shape index (κ3) is 11.3. The maximum absolute atomic E-state index is 16.4. The van der Waals surface area contributed by atoms with Crippen LogP contribution in [-0.2, 0) is 113 Å². The Morgan fingerprint density at radius 3 is 0.709 bits per heavy atom. The average Bonchev–Trinajstić information content (AvgIpc) is 1.51. The molecule has 0 heterocycles. The zero-order valence-electron chi connectivity index (χ0n) is 54.6. The van der Waals surface area contributed by atoms with Crippen molar-refractivity contribution in [2.75, 3.05) is 0 Å². The molecule has 103 heavy (non-hydrogen) atoms. The normalized spacial score (nSPS) is 13.8. The topological polar surface area (TPSA) is 251 Å². The summed E-state index contributed by atoms with van der Waals surface area (Å²) < 4.78 is 37.6. The van der Waals surface area contributed by atoms with Gasteiger partial charge in [-0.05, 0) is 114 Å². The van der Waals surface area contributed by atoms with Gasteiger partial charge in [0.15, 0.2) is 10.7 Å². The van der Waals surface area contributed by atoms with Crippen molar-refractivity contribution in [2.45, 2.75) is 55.9 Å². The van der Waals surface area contributed by atoms with Crippen molar-refractivity contribution in [2.24, 2.45) is 9.98 Å². The Morgan fingerprint density at radius 1 is 0.262 bits per heavy atom. The maximum atomic E-state index is 16.4. The summed E-state index contributed by atoms with van der Waals surface area (Å²) >= 11 is 0.